The van der Waals surface area contributed by atoms with Crippen LogP contribution >= 0.6 is 11.6 Å². The molecule has 160 valence electrons. The Morgan fingerprint density at radius 3 is 2.53 bits per heavy atom. The largest absolute Gasteiger partial charge is 0.488 e. The van der Waals surface area contributed by atoms with E-state index in [-0.39, 0.29) is 18.0 Å². The number of amides is 2. The van der Waals surface area contributed by atoms with Crippen LogP contribution in [0.5, 0.6) is 5.75 Å². The van der Waals surface area contributed by atoms with E-state index < -0.39 is 11.8 Å². The molecule has 2 amide bonds. The van der Waals surface area contributed by atoms with E-state index in [2.05, 4.69) is 5.10 Å². The predicted octanol–water partition coefficient (Wildman–Crippen LogP) is 5.50. The topological polar surface area (TPSA) is 59.0 Å². The Morgan fingerprint density at radius 1 is 1.09 bits per heavy atom. The van der Waals surface area contributed by atoms with Crippen molar-refractivity contribution < 1.29 is 18.7 Å². The van der Waals surface area contributed by atoms with E-state index in [1.54, 1.807) is 73.7 Å². The highest BCUT2D eigenvalue weighted by Crippen LogP contribution is 2.28. The molecule has 0 saturated carbocycles. The first-order chi connectivity index (χ1) is 15.4. The molecule has 0 atom stereocenters. The van der Waals surface area contributed by atoms with Crippen LogP contribution in [0.2, 0.25) is 5.02 Å². The second-order valence-electron chi connectivity index (χ2n) is 7.13. The average Bonchev–Trinajstić information content (AvgIpc) is 3.08. The van der Waals surface area contributed by atoms with Gasteiger partial charge in [0, 0.05) is 16.1 Å². The lowest BCUT2D eigenvalue weighted by atomic mass is 10.1. The van der Waals surface area contributed by atoms with Crippen molar-refractivity contribution in [2.24, 2.45) is 5.10 Å². The highest BCUT2D eigenvalue weighted by Gasteiger charge is 2.33. The monoisotopic (exact) mass is 448 g/mol. The van der Waals surface area contributed by atoms with Gasteiger partial charge < -0.3 is 4.74 Å². The van der Waals surface area contributed by atoms with Crippen molar-refractivity contribution >= 4 is 35.2 Å². The third kappa shape index (κ3) is 4.60. The molecule has 7 heteroatoms. The summed E-state index contributed by atoms with van der Waals surface area (Å²) >= 11 is 6.16. The lowest BCUT2D eigenvalue weighted by Crippen LogP contribution is -2.29. The van der Waals surface area contributed by atoms with E-state index in [1.807, 2.05) is 0 Å². The van der Waals surface area contributed by atoms with Gasteiger partial charge in [0.25, 0.3) is 11.8 Å². The van der Waals surface area contributed by atoms with Crippen molar-refractivity contribution in [3.63, 3.8) is 0 Å². The lowest BCUT2D eigenvalue weighted by Gasteiger charge is -2.11. The van der Waals surface area contributed by atoms with Gasteiger partial charge in [-0.1, -0.05) is 41.9 Å². The molecule has 0 bridgehead atoms. The Bertz CT molecular complexity index is 1240. The van der Waals surface area contributed by atoms with E-state index in [4.69, 9.17) is 16.3 Å². The molecule has 4 rings (SSSR count). The SMILES string of the molecule is CC1=NN(C(=O)c2ccccc2)C(=O)/C1=C/c1cc(Cl)ccc1OCc1ccc(F)cc1. The van der Waals surface area contributed by atoms with Crippen LogP contribution in [0, 0.1) is 5.82 Å². The van der Waals surface area contributed by atoms with Crippen molar-refractivity contribution in [2.45, 2.75) is 13.5 Å². The van der Waals surface area contributed by atoms with E-state index in [1.165, 1.54) is 12.1 Å². The zero-order chi connectivity index (χ0) is 22.7. The van der Waals surface area contributed by atoms with Gasteiger partial charge in [-0.15, -0.1) is 0 Å². The second kappa shape index (κ2) is 9.16. The van der Waals surface area contributed by atoms with Crippen LogP contribution < -0.4 is 4.74 Å². The number of halogens is 2. The molecule has 0 unspecified atom stereocenters. The zero-order valence-corrected chi connectivity index (χ0v) is 17.8. The smallest absolute Gasteiger partial charge is 0.283 e. The van der Waals surface area contributed by atoms with Gasteiger partial charge in [-0.25, -0.2) is 4.39 Å². The van der Waals surface area contributed by atoms with Gasteiger partial charge in [-0.3, -0.25) is 9.59 Å². The molecule has 0 radical (unpaired) electrons. The van der Waals surface area contributed by atoms with Gasteiger partial charge >= 0.3 is 0 Å². The Morgan fingerprint density at radius 2 is 1.81 bits per heavy atom. The highest BCUT2D eigenvalue weighted by molar-refractivity contribution is 6.32. The predicted molar refractivity (Wildman–Crippen MR) is 121 cm³/mol. The second-order valence-corrected chi connectivity index (χ2v) is 7.57. The standard InChI is InChI=1S/C25H18ClFN2O3/c1-16-22(25(31)29(28-16)24(30)18-5-3-2-4-6-18)14-19-13-20(26)9-12-23(19)32-15-17-7-10-21(27)11-8-17/h2-14H,15H2,1H3/b22-14+. The minimum absolute atomic E-state index is 0.206. The number of rotatable bonds is 5. The minimum atomic E-state index is -0.527. The third-order valence-electron chi connectivity index (χ3n) is 4.85. The van der Waals surface area contributed by atoms with Crippen LogP contribution in [-0.4, -0.2) is 22.5 Å². The number of carbonyl (C=O) groups excluding carboxylic acids is 2. The van der Waals surface area contributed by atoms with Crippen molar-refractivity contribution in [1.29, 1.82) is 0 Å². The van der Waals surface area contributed by atoms with Crippen molar-refractivity contribution in [2.75, 3.05) is 0 Å². The molecule has 0 N–H and O–H groups in total. The summed E-state index contributed by atoms with van der Waals surface area (Å²) in [6, 6.07) is 19.5. The lowest BCUT2D eigenvalue weighted by molar-refractivity contribution is -0.123. The highest BCUT2D eigenvalue weighted by atomic mass is 35.5. The van der Waals surface area contributed by atoms with Crippen molar-refractivity contribution in [3.8, 4) is 5.75 Å². The molecule has 1 heterocycles. The number of ether oxygens (including phenoxy) is 1. The van der Waals surface area contributed by atoms with E-state index in [0.29, 0.717) is 27.6 Å². The molecule has 0 fully saturated rings. The molecule has 1 aliphatic rings. The number of carbonyl (C=O) groups is 2. The fraction of sp³-hybridized carbons (Fsp3) is 0.0800. The van der Waals surface area contributed by atoms with Crippen LogP contribution in [-0.2, 0) is 11.4 Å². The van der Waals surface area contributed by atoms with Crippen molar-refractivity contribution in [3.05, 3.63) is 106 Å². The molecule has 0 aromatic heterocycles. The maximum atomic E-state index is 13.1. The molecule has 0 saturated heterocycles. The molecule has 32 heavy (non-hydrogen) atoms. The molecule has 0 aliphatic carbocycles. The average molecular weight is 449 g/mol. The first-order valence-corrected chi connectivity index (χ1v) is 10.2. The normalized spacial score (nSPS) is 14.6. The first kappa shape index (κ1) is 21.5. The van der Waals surface area contributed by atoms with Crippen LogP contribution in [0.3, 0.4) is 0 Å². The first-order valence-electron chi connectivity index (χ1n) is 9.80. The van der Waals surface area contributed by atoms with Gasteiger partial charge in [0.2, 0.25) is 0 Å². The fourth-order valence-electron chi connectivity index (χ4n) is 3.19. The summed E-state index contributed by atoms with van der Waals surface area (Å²) < 4.78 is 19.0. The Hall–Kier alpha value is -3.77. The maximum absolute atomic E-state index is 13.1. The van der Waals surface area contributed by atoms with Gasteiger partial charge in [0.15, 0.2) is 0 Å². The molecule has 0 spiro atoms. The van der Waals surface area contributed by atoms with E-state index in [0.717, 1.165) is 10.6 Å². The molecule has 5 nitrogen and oxygen atoms in total. The quantitative estimate of drug-likeness (QED) is 0.382. The Kier molecular flexibility index (Phi) is 6.14. The summed E-state index contributed by atoms with van der Waals surface area (Å²) in [5.74, 6) is -0.868. The Labute approximate surface area is 189 Å². The van der Waals surface area contributed by atoms with Crippen LogP contribution in [0.25, 0.3) is 6.08 Å². The molecule has 1 aliphatic heterocycles. The Balaban J connectivity index is 1.59. The minimum Gasteiger partial charge on any atom is -0.488 e. The molecule has 3 aromatic carbocycles. The van der Waals surface area contributed by atoms with Gasteiger partial charge in [-0.2, -0.15) is 10.1 Å². The number of hydrogen-bond acceptors (Lipinski definition) is 4. The summed E-state index contributed by atoms with van der Waals surface area (Å²) in [5, 5.41) is 5.47. The molecular formula is C25H18ClFN2O3. The summed E-state index contributed by atoms with van der Waals surface area (Å²) in [7, 11) is 0. The molecular weight excluding hydrogens is 431 g/mol. The number of imide groups is 1. The fourth-order valence-corrected chi connectivity index (χ4v) is 3.37. The number of nitrogens with zero attached hydrogens (tertiary/aromatic N) is 2. The summed E-state index contributed by atoms with van der Waals surface area (Å²) in [4.78, 5) is 25.7. The summed E-state index contributed by atoms with van der Waals surface area (Å²) in [6.07, 6.45) is 1.60. The van der Waals surface area contributed by atoms with Gasteiger partial charge in [0.1, 0.15) is 18.2 Å². The summed E-state index contributed by atoms with van der Waals surface area (Å²) in [6.45, 7) is 1.86. The van der Waals surface area contributed by atoms with E-state index in [9.17, 15) is 14.0 Å². The van der Waals surface area contributed by atoms with Gasteiger partial charge in [-0.05, 0) is 61.0 Å². The van der Waals surface area contributed by atoms with Crippen LogP contribution in [0.15, 0.2) is 83.5 Å². The third-order valence-corrected chi connectivity index (χ3v) is 5.09. The molecule has 3 aromatic rings. The number of benzene rings is 3. The number of hydrazone groups is 1. The maximum Gasteiger partial charge on any atom is 0.283 e. The number of hydrogen-bond donors (Lipinski definition) is 0. The van der Waals surface area contributed by atoms with Gasteiger partial charge in [0.05, 0.1) is 11.3 Å². The summed E-state index contributed by atoms with van der Waals surface area (Å²) in [5.41, 5.74) is 2.39. The van der Waals surface area contributed by atoms with E-state index >= 15 is 0 Å². The zero-order valence-electron chi connectivity index (χ0n) is 17.1. The van der Waals surface area contributed by atoms with Crippen LogP contribution in [0.4, 0.5) is 4.39 Å². The van der Waals surface area contributed by atoms with Crippen molar-refractivity contribution in [1.82, 2.24) is 5.01 Å². The van der Waals surface area contributed by atoms with Crippen LogP contribution in [0.1, 0.15) is 28.4 Å².